The molecule has 0 amide bonds. The summed E-state index contributed by atoms with van der Waals surface area (Å²) in [5.41, 5.74) is 2.92. The molecule has 0 radical (unpaired) electrons. The van der Waals surface area contributed by atoms with Gasteiger partial charge in [-0.15, -0.1) is 11.3 Å². The number of hydrogen-bond acceptors (Lipinski definition) is 5. The summed E-state index contributed by atoms with van der Waals surface area (Å²) in [5, 5.41) is 9.03. The number of methoxy groups -OCH3 is 1. The maximum atomic E-state index is 12.1. The second-order valence-corrected chi connectivity index (χ2v) is 6.17. The first-order valence-electron chi connectivity index (χ1n) is 7.36. The molecule has 0 unspecified atom stereocenters. The van der Waals surface area contributed by atoms with Gasteiger partial charge in [0.15, 0.2) is 5.69 Å². The van der Waals surface area contributed by atoms with Crippen LogP contribution in [0.1, 0.15) is 10.5 Å². The highest BCUT2D eigenvalue weighted by atomic mass is 32.1. The molecule has 0 aliphatic rings. The molecule has 0 atom stereocenters. The number of fused-ring (bicyclic) bond motifs is 1. The van der Waals surface area contributed by atoms with E-state index in [2.05, 4.69) is 15.2 Å². The van der Waals surface area contributed by atoms with Crippen LogP contribution in [0, 0.1) is 0 Å². The van der Waals surface area contributed by atoms with Crippen LogP contribution in [0.4, 0.5) is 0 Å². The Morgan fingerprint density at radius 2 is 1.83 bits per heavy atom. The zero-order valence-electron chi connectivity index (χ0n) is 12.8. The summed E-state index contributed by atoms with van der Waals surface area (Å²) in [6.45, 7) is 0. The first kappa shape index (κ1) is 14.6. The maximum Gasteiger partial charge on any atom is 0.358 e. The van der Waals surface area contributed by atoms with E-state index in [0.717, 1.165) is 27.0 Å². The minimum absolute atomic E-state index is 0.316. The minimum Gasteiger partial charge on any atom is -0.464 e. The quantitative estimate of drug-likeness (QED) is 0.571. The average Bonchev–Trinajstić information content (AvgIpc) is 3.26. The lowest BCUT2D eigenvalue weighted by atomic mass is 10.1. The third-order valence-electron chi connectivity index (χ3n) is 3.71. The number of rotatable bonds is 3. The molecule has 118 valence electrons. The molecule has 4 rings (SSSR count). The van der Waals surface area contributed by atoms with Crippen LogP contribution in [0.2, 0.25) is 0 Å². The largest absolute Gasteiger partial charge is 0.464 e. The van der Waals surface area contributed by atoms with Crippen LogP contribution in [0.5, 0.6) is 0 Å². The van der Waals surface area contributed by atoms with Crippen molar-refractivity contribution in [3.63, 3.8) is 0 Å². The lowest BCUT2D eigenvalue weighted by Gasteiger charge is -1.99. The van der Waals surface area contributed by atoms with E-state index in [0.29, 0.717) is 10.7 Å². The summed E-state index contributed by atoms with van der Waals surface area (Å²) >= 11 is 1.43. The number of H-pyrrole nitrogens is 1. The van der Waals surface area contributed by atoms with E-state index in [1.54, 1.807) is 0 Å². The maximum absolute atomic E-state index is 12.1. The number of nitrogens with one attached hydrogen (secondary N) is 1. The third-order valence-corrected chi connectivity index (χ3v) is 4.83. The van der Waals surface area contributed by atoms with Gasteiger partial charge in [-0.25, -0.2) is 9.78 Å². The molecule has 0 aliphatic carbocycles. The topological polar surface area (TPSA) is 67.9 Å². The zero-order valence-corrected chi connectivity index (χ0v) is 13.6. The number of aromatic amines is 1. The molecule has 1 N–H and O–H groups in total. The van der Waals surface area contributed by atoms with Gasteiger partial charge in [-0.3, -0.25) is 5.10 Å². The highest BCUT2D eigenvalue weighted by Crippen LogP contribution is 2.37. The molecule has 5 nitrogen and oxygen atoms in total. The van der Waals surface area contributed by atoms with E-state index in [1.165, 1.54) is 18.4 Å². The first-order chi connectivity index (χ1) is 11.8. The second kappa shape index (κ2) is 5.90. The second-order valence-electron chi connectivity index (χ2n) is 5.17. The minimum atomic E-state index is -0.448. The lowest BCUT2D eigenvalue weighted by Crippen LogP contribution is -2.03. The van der Waals surface area contributed by atoms with Crippen molar-refractivity contribution in [1.82, 2.24) is 15.2 Å². The number of nitrogens with zero attached hydrogens (tertiary/aromatic N) is 2. The zero-order chi connectivity index (χ0) is 16.5. The number of carbonyl (C=O) groups is 1. The SMILES string of the molecule is COC(=O)c1nc(-c2n[nH]c3ccccc23)sc1-c1ccccc1. The Balaban J connectivity index is 1.92. The summed E-state index contributed by atoms with van der Waals surface area (Å²) in [7, 11) is 1.36. The Bertz CT molecular complexity index is 1020. The fourth-order valence-electron chi connectivity index (χ4n) is 2.57. The van der Waals surface area contributed by atoms with Crippen LogP contribution >= 0.6 is 11.3 Å². The van der Waals surface area contributed by atoms with Crippen LogP contribution in [0.15, 0.2) is 54.6 Å². The molecule has 0 saturated heterocycles. The fourth-order valence-corrected chi connectivity index (χ4v) is 3.63. The predicted molar refractivity (Wildman–Crippen MR) is 94.0 cm³/mol. The van der Waals surface area contributed by atoms with Crippen molar-refractivity contribution in [2.24, 2.45) is 0 Å². The van der Waals surface area contributed by atoms with Gasteiger partial charge in [0.2, 0.25) is 0 Å². The molecule has 2 aromatic carbocycles. The van der Waals surface area contributed by atoms with Gasteiger partial charge in [0.25, 0.3) is 0 Å². The number of thiazole rings is 1. The summed E-state index contributed by atoms with van der Waals surface area (Å²) in [6, 6.07) is 17.5. The van der Waals surface area contributed by atoms with Crippen LogP contribution in [-0.4, -0.2) is 28.3 Å². The Labute approximate surface area is 141 Å². The molecule has 2 heterocycles. The molecule has 6 heteroatoms. The molecule has 2 aromatic heterocycles. The Morgan fingerprint density at radius 3 is 2.62 bits per heavy atom. The number of aromatic nitrogens is 3. The Kier molecular flexibility index (Phi) is 3.59. The highest BCUT2D eigenvalue weighted by Gasteiger charge is 2.22. The molecule has 4 aromatic rings. The Hall–Kier alpha value is -2.99. The number of hydrogen-bond donors (Lipinski definition) is 1. The first-order valence-corrected chi connectivity index (χ1v) is 8.17. The fraction of sp³-hybridized carbons (Fsp3) is 0.0556. The monoisotopic (exact) mass is 335 g/mol. The lowest BCUT2D eigenvalue weighted by molar-refractivity contribution is 0.0596. The standard InChI is InChI=1S/C18H13N3O2S/c1-23-18(22)15-16(11-7-3-2-4-8-11)24-17(19-15)14-12-9-5-6-10-13(12)20-21-14/h2-10H,1H3,(H,20,21). The number of esters is 1. The van der Waals surface area contributed by atoms with Crippen LogP contribution < -0.4 is 0 Å². The number of ether oxygens (including phenoxy) is 1. The smallest absolute Gasteiger partial charge is 0.358 e. The molecule has 0 saturated carbocycles. The molecule has 0 fully saturated rings. The normalized spacial score (nSPS) is 10.9. The van der Waals surface area contributed by atoms with Crippen molar-refractivity contribution < 1.29 is 9.53 Å². The summed E-state index contributed by atoms with van der Waals surface area (Å²) in [4.78, 5) is 17.4. The van der Waals surface area contributed by atoms with Crippen LogP contribution in [0.25, 0.3) is 32.0 Å². The van der Waals surface area contributed by atoms with E-state index in [4.69, 9.17) is 4.74 Å². The van der Waals surface area contributed by atoms with Crippen molar-refractivity contribution in [2.45, 2.75) is 0 Å². The van der Waals surface area contributed by atoms with Crippen molar-refractivity contribution in [3.05, 3.63) is 60.3 Å². The van der Waals surface area contributed by atoms with Crippen molar-refractivity contribution in [3.8, 4) is 21.1 Å². The van der Waals surface area contributed by atoms with Crippen molar-refractivity contribution >= 4 is 28.2 Å². The molecule has 24 heavy (non-hydrogen) atoms. The Morgan fingerprint density at radius 1 is 1.08 bits per heavy atom. The molecule has 0 aliphatic heterocycles. The molecule has 0 spiro atoms. The molecule has 0 bridgehead atoms. The summed E-state index contributed by atoms with van der Waals surface area (Å²) in [6.07, 6.45) is 0. The van der Waals surface area contributed by atoms with Gasteiger partial charge in [-0.1, -0.05) is 48.5 Å². The van der Waals surface area contributed by atoms with Crippen LogP contribution in [0.3, 0.4) is 0 Å². The van der Waals surface area contributed by atoms with Crippen molar-refractivity contribution in [2.75, 3.05) is 7.11 Å². The van der Waals surface area contributed by atoms with Crippen molar-refractivity contribution in [1.29, 1.82) is 0 Å². The van der Waals surface area contributed by atoms with Gasteiger partial charge >= 0.3 is 5.97 Å². The van der Waals surface area contributed by atoms with Gasteiger partial charge in [-0.05, 0) is 11.6 Å². The number of benzene rings is 2. The number of carbonyl (C=O) groups excluding carboxylic acids is 1. The van der Waals surface area contributed by atoms with Gasteiger partial charge < -0.3 is 4.74 Å². The van der Waals surface area contributed by atoms with E-state index >= 15 is 0 Å². The summed E-state index contributed by atoms with van der Waals surface area (Å²) < 4.78 is 4.89. The van der Waals surface area contributed by atoms with E-state index in [1.807, 2.05) is 54.6 Å². The van der Waals surface area contributed by atoms with E-state index in [9.17, 15) is 4.79 Å². The molecular formula is C18H13N3O2S. The van der Waals surface area contributed by atoms with Gasteiger partial charge in [0, 0.05) is 5.39 Å². The number of para-hydroxylation sites is 1. The predicted octanol–water partition coefficient (Wildman–Crippen LogP) is 4.14. The van der Waals surface area contributed by atoms with E-state index in [-0.39, 0.29) is 0 Å². The molecular weight excluding hydrogens is 322 g/mol. The third kappa shape index (κ3) is 2.37. The van der Waals surface area contributed by atoms with E-state index < -0.39 is 5.97 Å². The average molecular weight is 335 g/mol. The summed E-state index contributed by atoms with van der Waals surface area (Å²) in [5.74, 6) is -0.448. The highest BCUT2D eigenvalue weighted by molar-refractivity contribution is 7.18. The van der Waals surface area contributed by atoms with Gasteiger partial charge in [0.05, 0.1) is 17.5 Å². The van der Waals surface area contributed by atoms with Gasteiger partial charge in [0.1, 0.15) is 10.7 Å². The van der Waals surface area contributed by atoms with Crippen LogP contribution in [-0.2, 0) is 4.74 Å². The van der Waals surface area contributed by atoms with Gasteiger partial charge in [-0.2, -0.15) is 5.10 Å².